The maximum Gasteiger partial charge on any atom is 0.0462 e. The molecule has 0 aromatic carbocycles. The number of hydrogen-bond acceptors (Lipinski definition) is 1. The minimum Gasteiger partial charge on any atom is -0.385 e. The van der Waals surface area contributed by atoms with Gasteiger partial charge in [0.25, 0.3) is 0 Å². The molecule has 0 amide bonds. The van der Waals surface area contributed by atoms with Crippen LogP contribution in [0.5, 0.6) is 0 Å². The van der Waals surface area contributed by atoms with Crippen molar-refractivity contribution >= 4 is 0 Å². The molecule has 1 saturated carbocycles. The first-order valence-electron chi connectivity index (χ1n) is 8.54. The number of allylic oxidation sites excluding steroid dienone is 2. The summed E-state index contributed by atoms with van der Waals surface area (Å²) in [6.07, 6.45) is 20.2. The van der Waals surface area contributed by atoms with Gasteiger partial charge in [0.2, 0.25) is 0 Å². The molecule has 2 aliphatic rings. The van der Waals surface area contributed by atoms with E-state index in [2.05, 4.69) is 19.1 Å². The van der Waals surface area contributed by atoms with Crippen LogP contribution in [0.25, 0.3) is 0 Å². The van der Waals surface area contributed by atoms with Crippen molar-refractivity contribution in [2.45, 2.75) is 77.6 Å². The highest BCUT2D eigenvalue weighted by Crippen LogP contribution is 2.38. The minimum atomic E-state index is 0.939. The Hall–Kier alpha value is -0.300. The van der Waals surface area contributed by atoms with E-state index in [1.807, 2.05) is 0 Å². The Kier molecular flexibility index (Phi) is 10.2. The van der Waals surface area contributed by atoms with Crippen LogP contribution in [0.3, 0.4) is 0 Å². The maximum absolute atomic E-state index is 4.99. The predicted molar refractivity (Wildman–Crippen MR) is 84.5 cm³/mol. The van der Waals surface area contributed by atoms with Gasteiger partial charge < -0.3 is 4.74 Å². The standard InChI is InChI=1S/C11H24O.C7H10/c1-3-4-5-6-7-8-9-10-11-12-2;1-2-7-4-3-6(1)5-7/h3-11H2,1-2H3;1-2,6-7H,3-5H2. The van der Waals surface area contributed by atoms with Gasteiger partial charge in [-0.15, -0.1) is 0 Å². The van der Waals surface area contributed by atoms with Gasteiger partial charge in [0, 0.05) is 13.7 Å². The van der Waals surface area contributed by atoms with E-state index in [1.54, 1.807) is 7.11 Å². The lowest BCUT2D eigenvalue weighted by Crippen LogP contribution is -1.88. The van der Waals surface area contributed by atoms with Gasteiger partial charge in [-0.05, 0) is 37.5 Å². The van der Waals surface area contributed by atoms with Crippen molar-refractivity contribution in [3.8, 4) is 0 Å². The number of rotatable bonds is 9. The van der Waals surface area contributed by atoms with Gasteiger partial charge >= 0.3 is 0 Å². The van der Waals surface area contributed by atoms with Crippen LogP contribution in [0.15, 0.2) is 12.2 Å². The Labute approximate surface area is 120 Å². The van der Waals surface area contributed by atoms with E-state index in [4.69, 9.17) is 4.74 Å². The van der Waals surface area contributed by atoms with Gasteiger partial charge in [0.15, 0.2) is 0 Å². The summed E-state index contributed by atoms with van der Waals surface area (Å²) in [6.45, 7) is 3.20. The molecule has 0 aliphatic heterocycles. The van der Waals surface area contributed by atoms with Crippen LogP contribution in [0, 0.1) is 11.8 Å². The molecule has 0 spiro atoms. The van der Waals surface area contributed by atoms with Crippen molar-refractivity contribution in [3.05, 3.63) is 12.2 Å². The summed E-state index contributed by atoms with van der Waals surface area (Å²) in [5.74, 6) is 1.98. The molecule has 0 heterocycles. The van der Waals surface area contributed by atoms with Crippen LogP contribution < -0.4 is 0 Å². The highest BCUT2D eigenvalue weighted by molar-refractivity contribution is 5.06. The smallest absolute Gasteiger partial charge is 0.0462 e. The first-order chi connectivity index (χ1) is 9.36. The second kappa shape index (κ2) is 11.5. The Morgan fingerprint density at radius 2 is 1.37 bits per heavy atom. The third-order valence-corrected chi connectivity index (χ3v) is 4.37. The summed E-state index contributed by atoms with van der Waals surface area (Å²) in [7, 11) is 1.78. The molecule has 0 saturated heterocycles. The fraction of sp³-hybridized carbons (Fsp3) is 0.889. The van der Waals surface area contributed by atoms with E-state index in [9.17, 15) is 0 Å². The zero-order valence-electron chi connectivity index (χ0n) is 13.2. The highest BCUT2D eigenvalue weighted by Gasteiger charge is 2.25. The molecule has 1 nitrogen and oxygen atoms in total. The fourth-order valence-corrected chi connectivity index (χ4v) is 3.10. The number of unbranched alkanes of at least 4 members (excludes halogenated alkanes) is 7. The quantitative estimate of drug-likeness (QED) is 0.381. The zero-order chi connectivity index (χ0) is 13.8. The van der Waals surface area contributed by atoms with Crippen molar-refractivity contribution in [2.24, 2.45) is 11.8 Å². The van der Waals surface area contributed by atoms with Crippen molar-refractivity contribution in [3.63, 3.8) is 0 Å². The Bertz CT molecular complexity index is 200. The first kappa shape index (κ1) is 16.8. The third kappa shape index (κ3) is 8.47. The molecule has 19 heavy (non-hydrogen) atoms. The lowest BCUT2D eigenvalue weighted by atomic mass is 10.1. The van der Waals surface area contributed by atoms with Crippen molar-refractivity contribution < 1.29 is 4.74 Å². The molecule has 2 unspecified atom stereocenters. The fourth-order valence-electron chi connectivity index (χ4n) is 3.10. The van der Waals surface area contributed by atoms with Crippen LogP contribution in [-0.2, 0) is 4.74 Å². The topological polar surface area (TPSA) is 9.23 Å². The molecule has 2 aliphatic carbocycles. The van der Waals surface area contributed by atoms with E-state index >= 15 is 0 Å². The van der Waals surface area contributed by atoms with Crippen molar-refractivity contribution in [2.75, 3.05) is 13.7 Å². The molecule has 0 radical (unpaired) electrons. The summed E-state index contributed by atoms with van der Waals surface area (Å²) in [5.41, 5.74) is 0. The van der Waals surface area contributed by atoms with Crippen LogP contribution in [0.4, 0.5) is 0 Å². The molecule has 1 heteroatoms. The normalized spacial score (nSPS) is 23.5. The van der Waals surface area contributed by atoms with E-state index in [0.29, 0.717) is 0 Å². The average Bonchev–Trinajstić information content (AvgIpc) is 3.08. The Morgan fingerprint density at radius 3 is 1.74 bits per heavy atom. The largest absolute Gasteiger partial charge is 0.385 e. The summed E-state index contributed by atoms with van der Waals surface area (Å²) >= 11 is 0. The van der Waals surface area contributed by atoms with Gasteiger partial charge in [0.1, 0.15) is 0 Å². The second-order valence-electron chi connectivity index (χ2n) is 6.19. The molecule has 2 atom stereocenters. The zero-order valence-corrected chi connectivity index (χ0v) is 13.2. The SMILES string of the molecule is C1=CC2CCC1C2.CCCCCCCCCCOC. The van der Waals surface area contributed by atoms with Crippen LogP contribution in [0.2, 0.25) is 0 Å². The number of fused-ring (bicyclic) bond motifs is 2. The molecule has 2 rings (SSSR count). The molecular weight excluding hydrogens is 232 g/mol. The van der Waals surface area contributed by atoms with Crippen LogP contribution in [-0.4, -0.2) is 13.7 Å². The van der Waals surface area contributed by atoms with E-state index in [0.717, 1.165) is 18.4 Å². The molecule has 0 aromatic heterocycles. The summed E-state index contributed by atoms with van der Waals surface area (Å²) in [5, 5.41) is 0. The highest BCUT2D eigenvalue weighted by atomic mass is 16.5. The van der Waals surface area contributed by atoms with E-state index in [1.165, 1.54) is 70.6 Å². The molecule has 0 aromatic rings. The Morgan fingerprint density at radius 1 is 0.842 bits per heavy atom. The van der Waals surface area contributed by atoms with Gasteiger partial charge in [0.05, 0.1) is 0 Å². The number of ether oxygens (including phenoxy) is 1. The molecule has 0 N–H and O–H groups in total. The van der Waals surface area contributed by atoms with Crippen LogP contribution >= 0.6 is 0 Å². The van der Waals surface area contributed by atoms with Gasteiger partial charge in [-0.1, -0.05) is 64.0 Å². The van der Waals surface area contributed by atoms with E-state index in [-0.39, 0.29) is 0 Å². The summed E-state index contributed by atoms with van der Waals surface area (Å²) in [6, 6.07) is 0. The first-order valence-corrected chi connectivity index (χ1v) is 8.54. The van der Waals surface area contributed by atoms with Crippen LogP contribution in [0.1, 0.15) is 77.6 Å². The average molecular weight is 266 g/mol. The monoisotopic (exact) mass is 266 g/mol. The third-order valence-electron chi connectivity index (χ3n) is 4.37. The lowest BCUT2D eigenvalue weighted by molar-refractivity contribution is 0.192. The number of methoxy groups -OCH3 is 1. The predicted octanol–water partition coefficient (Wildman–Crippen LogP) is 5.75. The van der Waals surface area contributed by atoms with Gasteiger partial charge in [-0.25, -0.2) is 0 Å². The molecule has 2 bridgehead atoms. The van der Waals surface area contributed by atoms with Crippen molar-refractivity contribution in [1.29, 1.82) is 0 Å². The minimum absolute atomic E-state index is 0.939. The molecule has 1 fully saturated rings. The lowest BCUT2D eigenvalue weighted by Gasteiger charge is -2.00. The second-order valence-corrected chi connectivity index (χ2v) is 6.19. The van der Waals surface area contributed by atoms with E-state index < -0.39 is 0 Å². The summed E-state index contributed by atoms with van der Waals surface area (Å²) < 4.78 is 4.99. The molecule has 112 valence electrons. The summed E-state index contributed by atoms with van der Waals surface area (Å²) in [4.78, 5) is 0. The number of hydrogen-bond donors (Lipinski definition) is 0. The van der Waals surface area contributed by atoms with Gasteiger partial charge in [-0.2, -0.15) is 0 Å². The Balaban J connectivity index is 0.000000213. The van der Waals surface area contributed by atoms with Crippen molar-refractivity contribution in [1.82, 2.24) is 0 Å². The maximum atomic E-state index is 4.99. The molecular formula is C18H34O. The van der Waals surface area contributed by atoms with Gasteiger partial charge in [-0.3, -0.25) is 0 Å².